The Bertz CT molecular complexity index is 349. The van der Waals surface area contributed by atoms with Gasteiger partial charge in [0, 0.05) is 27.3 Å². The predicted octanol–water partition coefficient (Wildman–Crippen LogP) is 0.441. The number of carbonyl (C=O) groups is 2. The molecule has 3 nitrogen and oxygen atoms in total. The van der Waals surface area contributed by atoms with Crippen LogP contribution < -0.4 is 5.32 Å². The van der Waals surface area contributed by atoms with Gasteiger partial charge in [-0.2, -0.15) is 0 Å². The molecule has 4 heteroatoms. The number of rotatable bonds is 0. The number of ketones is 1. The summed E-state index contributed by atoms with van der Waals surface area (Å²) in [7, 11) is 0. The average Bonchev–Trinajstić information content (AvgIpc) is 2.30. The minimum absolute atomic E-state index is 0. The fourth-order valence-corrected chi connectivity index (χ4v) is 1.09. The summed E-state index contributed by atoms with van der Waals surface area (Å²) >= 11 is 0. The van der Waals surface area contributed by atoms with Crippen molar-refractivity contribution in [3.63, 3.8) is 0 Å². The van der Waals surface area contributed by atoms with E-state index < -0.39 is 11.7 Å². The maximum absolute atomic E-state index is 11.0. The molecule has 1 aromatic rings. The van der Waals surface area contributed by atoms with Gasteiger partial charge in [-0.05, 0) is 12.1 Å². The van der Waals surface area contributed by atoms with Crippen LogP contribution in [-0.4, -0.2) is 39.0 Å². The molecule has 0 saturated carbocycles. The summed E-state index contributed by atoms with van der Waals surface area (Å²) < 4.78 is 0. The normalized spacial score (nSPS) is 13.3. The number of amides is 1. The van der Waals surface area contributed by atoms with Gasteiger partial charge in [-0.15, -0.1) is 0 Å². The van der Waals surface area contributed by atoms with Gasteiger partial charge in [0.25, 0.3) is 11.7 Å². The molecule has 1 aromatic carbocycles. The van der Waals surface area contributed by atoms with Crippen LogP contribution in [0.3, 0.4) is 0 Å². The summed E-state index contributed by atoms with van der Waals surface area (Å²) in [4.78, 5) is 21.8. The Morgan fingerprint density at radius 2 is 1.75 bits per heavy atom. The number of para-hydroxylation sites is 1. The Morgan fingerprint density at radius 3 is 2.42 bits per heavy atom. The molecule has 0 saturated heterocycles. The van der Waals surface area contributed by atoms with E-state index in [1.165, 1.54) is 0 Å². The maximum Gasteiger partial charge on any atom is 0.296 e. The summed E-state index contributed by atoms with van der Waals surface area (Å²) in [5, 5.41) is 2.46. The minimum atomic E-state index is -0.536. The van der Waals surface area contributed by atoms with Gasteiger partial charge >= 0.3 is 0 Å². The van der Waals surface area contributed by atoms with Crippen molar-refractivity contribution in [2.45, 2.75) is 0 Å². The molecular formula is C8H5NO2Pb. The topological polar surface area (TPSA) is 46.2 Å². The van der Waals surface area contributed by atoms with E-state index in [2.05, 4.69) is 5.32 Å². The zero-order valence-electron chi connectivity index (χ0n) is 6.13. The number of carbonyl (C=O) groups excluding carboxylic acids is 2. The molecule has 2 rings (SSSR count). The summed E-state index contributed by atoms with van der Waals surface area (Å²) in [6, 6.07) is 6.85. The third-order valence-electron chi connectivity index (χ3n) is 1.63. The van der Waals surface area contributed by atoms with Crippen LogP contribution in [-0.2, 0) is 4.79 Å². The van der Waals surface area contributed by atoms with Crippen LogP contribution in [0.15, 0.2) is 24.3 Å². The summed E-state index contributed by atoms with van der Waals surface area (Å²) in [5.74, 6) is -0.980. The molecule has 0 unspecified atom stereocenters. The molecule has 0 spiro atoms. The second-order valence-electron chi connectivity index (χ2n) is 2.33. The molecule has 4 radical (unpaired) electrons. The van der Waals surface area contributed by atoms with Gasteiger partial charge in [-0.3, -0.25) is 9.59 Å². The summed E-state index contributed by atoms with van der Waals surface area (Å²) in [6.45, 7) is 0. The van der Waals surface area contributed by atoms with Crippen LogP contribution in [0.1, 0.15) is 10.4 Å². The molecule has 0 fully saturated rings. The van der Waals surface area contributed by atoms with Gasteiger partial charge < -0.3 is 5.32 Å². The quantitative estimate of drug-likeness (QED) is 0.543. The van der Waals surface area contributed by atoms with E-state index in [0.717, 1.165) is 0 Å². The van der Waals surface area contributed by atoms with Crippen LogP contribution in [0.4, 0.5) is 5.69 Å². The first-order valence-corrected chi connectivity index (χ1v) is 3.24. The smallest absolute Gasteiger partial charge is 0.296 e. The molecule has 0 aliphatic carbocycles. The van der Waals surface area contributed by atoms with Crippen molar-refractivity contribution in [2.24, 2.45) is 0 Å². The van der Waals surface area contributed by atoms with Crippen molar-refractivity contribution in [3.8, 4) is 0 Å². The molecule has 1 N–H and O–H groups in total. The number of hydrogen-bond acceptors (Lipinski definition) is 2. The van der Waals surface area contributed by atoms with E-state index in [-0.39, 0.29) is 27.3 Å². The first kappa shape index (κ1) is 9.37. The van der Waals surface area contributed by atoms with E-state index in [1.807, 2.05) is 0 Å². The molecular weight excluding hydrogens is 349 g/mol. The van der Waals surface area contributed by atoms with Crippen molar-refractivity contribution >= 4 is 44.7 Å². The first-order valence-electron chi connectivity index (χ1n) is 3.24. The average molecular weight is 354 g/mol. The predicted molar refractivity (Wildman–Crippen MR) is 45.2 cm³/mol. The standard InChI is InChI=1S/C8H5NO2.Pb/c10-7-5-3-1-2-4-6(5)9-8(7)11;/h1-4H,(H,9,10,11);. The molecule has 0 bridgehead atoms. The zero-order valence-corrected chi connectivity index (χ0v) is 10.0. The largest absolute Gasteiger partial charge is 0.318 e. The number of benzene rings is 1. The third-order valence-corrected chi connectivity index (χ3v) is 1.63. The van der Waals surface area contributed by atoms with E-state index in [9.17, 15) is 9.59 Å². The molecule has 12 heavy (non-hydrogen) atoms. The third kappa shape index (κ3) is 1.28. The van der Waals surface area contributed by atoms with Crippen LogP contribution in [0.25, 0.3) is 0 Å². The molecule has 0 atom stereocenters. The van der Waals surface area contributed by atoms with Crippen molar-refractivity contribution in [1.29, 1.82) is 0 Å². The SMILES string of the molecule is O=C1Nc2ccccc2C1=O.[Pb]. The van der Waals surface area contributed by atoms with Crippen LogP contribution in [0.5, 0.6) is 0 Å². The number of Topliss-reactive ketones (excluding diaryl/α,β-unsaturated/α-hetero) is 1. The maximum atomic E-state index is 11.0. The Kier molecular flexibility index (Phi) is 2.61. The zero-order chi connectivity index (χ0) is 7.84. The summed E-state index contributed by atoms with van der Waals surface area (Å²) in [6.07, 6.45) is 0. The van der Waals surface area contributed by atoms with Gasteiger partial charge in [0.1, 0.15) is 0 Å². The number of hydrogen-bond donors (Lipinski definition) is 1. The molecule has 1 amide bonds. The molecule has 58 valence electrons. The van der Waals surface area contributed by atoms with Gasteiger partial charge in [0.15, 0.2) is 0 Å². The molecule has 0 aromatic heterocycles. The molecule has 1 aliphatic rings. The van der Waals surface area contributed by atoms with Gasteiger partial charge in [-0.25, -0.2) is 0 Å². The minimum Gasteiger partial charge on any atom is -0.318 e. The molecule has 1 aliphatic heterocycles. The second-order valence-corrected chi connectivity index (χ2v) is 2.33. The summed E-state index contributed by atoms with van der Waals surface area (Å²) in [5.41, 5.74) is 1.08. The van der Waals surface area contributed by atoms with Crippen molar-refractivity contribution < 1.29 is 9.59 Å². The van der Waals surface area contributed by atoms with Gasteiger partial charge in [0.2, 0.25) is 0 Å². The van der Waals surface area contributed by atoms with Crippen LogP contribution in [0, 0.1) is 0 Å². The van der Waals surface area contributed by atoms with Crippen LogP contribution in [0.2, 0.25) is 0 Å². The monoisotopic (exact) mass is 355 g/mol. The Morgan fingerprint density at radius 1 is 1.08 bits per heavy atom. The van der Waals surface area contributed by atoms with Crippen molar-refractivity contribution in [1.82, 2.24) is 0 Å². The second kappa shape index (κ2) is 3.34. The van der Waals surface area contributed by atoms with E-state index in [1.54, 1.807) is 24.3 Å². The van der Waals surface area contributed by atoms with Crippen LogP contribution >= 0.6 is 0 Å². The fraction of sp³-hybridized carbons (Fsp3) is 0. The number of nitrogens with one attached hydrogen (secondary N) is 1. The van der Waals surface area contributed by atoms with E-state index >= 15 is 0 Å². The van der Waals surface area contributed by atoms with E-state index in [0.29, 0.717) is 11.3 Å². The number of fused-ring (bicyclic) bond motifs is 1. The first-order chi connectivity index (χ1) is 5.29. The Hall–Kier alpha value is -0.718. The van der Waals surface area contributed by atoms with Crippen molar-refractivity contribution in [2.75, 3.05) is 5.32 Å². The van der Waals surface area contributed by atoms with Crippen molar-refractivity contribution in [3.05, 3.63) is 29.8 Å². The Balaban J connectivity index is 0.000000720. The Labute approximate surface area is 89.3 Å². The molecule has 1 heterocycles. The fourth-order valence-electron chi connectivity index (χ4n) is 1.09. The van der Waals surface area contributed by atoms with Gasteiger partial charge in [-0.1, -0.05) is 12.1 Å². The van der Waals surface area contributed by atoms with E-state index in [4.69, 9.17) is 0 Å². The number of anilines is 1. The van der Waals surface area contributed by atoms with Gasteiger partial charge in [0.05, 0.1) is 11.3 Å².